The molecule has 4 nitrogen and oxygen atoms in total. The van der Waals surface area contributed by atoms with Crippen LogP contribution in [0.5, 0.6) is 0 Å². The first kappa shape index (κ1) is 15.4. The first-order valence-electron chi connectivity index (χ1n) is 8.51. The van der Waals surface area contributed by atoms with Gasteiger partial charge in [0.15, 0.2) is 0 Å². The molecule has 1 aliphatic heterocycles. The van der Waals surface area contributed by atoms with Crippen LogP contribution in [-0.2, 0) is 0 Å². The Morgan fingerprint density at radius 3 is 2.36 bits per heavy atom. The highest BCUT2D eigenvalue weighted by Gasteiger charge is 2.05. The van der Waals surface area contributed by atoms with Gasteiger partial charge in [0.2, 0.25) is 0 Å². The lowest BCUT2D eigenvalue weighted by atomic mass is 10.1. The fourth-order valence-corrected chi connectivity index (χ4v) is 3.02. The number of nitrogens with one attached hydrogen (secondary N) is 2. The van der Waals surface area contributed by atoms with E-state index < -0.39 is 0 Å². The van der Waals surface area contributed by atoms with Crippen molar-refractivity contribution in [3.8, 4) is 0 Å². The Labute approximate surface area is 147 Å². The second kappa shape index (κ2) is 7.18. The lowest BCUT2D eigenvalue weighted by Crippen LogP contribution is -2.22. The zero-order valence-corrected chi connectivity index (χ0v) is 13.9. The molecule has 0 spiro atoms. The van der Waals surface area contributed by atoms with Crippen LogP contribution in [0.15, 0.2) is 78.0 Å². The molecular weight excluding hydrogens is 308 g/mol. The Morgan fingerprint density at radius 1 is 0.800 bits per heavy atom. The van der Waals surface area contributed by atoms with E-state index in [1.807, 2.05) is 18.2 Å². The summed E-state index contributed by atoms with van der Waals surface area (Å²) in [4.78, 5) is 8.60. The van der Waals surface area contributed by atoms with Crippen molar-refractivity contribution in [2.45, 2.75) is 6.42 Å². The predicted octanol–water partition coefficient (Wildman–Crippen LogP) is 3.11. The smallest absolute Gasteiger partial charge is 0.0650 e. The van der Waals surface area contributed by atoms with Crippen LogP contribution in [0, 0.1) is 0 Å². The number of para-hydroxylation sites is 1. The van der Waals surface area contributed by atoms with Crippen molar-refractivity contribution in [3.63, 3.8) is 0 Å². The topological polar surface area (TPSA) is 49.3 Å². The van der Waals surface area contributed by atoms with Crippen LogP contribution in [0.25, 0.3) is 5.57 Å². The quantitative estimate of drug-likeness (QED) is 0.731. The Kier molecular flexibility index (Phi) is 4.42. The molecule has 0 unspecified atom stereocenters. The van der Waals surface area contributed by atoms with Gasteiger partial charge in [0.1, 0.15) is 0 Å². The van der Waals surface area contributed by atoms with Gasteiger partial charge in [-0.2, -0.15) is 0 Å². The number of rotatable bonds is 6. The summed E-state index contributed by atoms with van der Waals surface area (Å²) in [6.07, 6.45) is 4.57. The third-order valence-corrected chi connectivity index (χ3v) is 4.34. The number of hydrogen-bond acceptors (Lipinski definition) is 4. The second-order valence-corrected chi connectivity index (χ2v) is 6.05. The average molecular weight is 328 g/mol. The zero-order valence-electron chi connectivity index (χ0n) is 13.9. The van der Waals surface area contributed by atoms with Crippen molar-refractivity contribution in [2.75, 3.05) is 23.7 Å². The minimum absolute atomic E-state index is 0.829. The lowest BCUT2D eigenvalue weighted by molar-refractivity contribution is 1.04. The molecule has 2 N–H and O–H groups in total. The monoisotopic (exact) mass is 328 g/mol. The van der Waals surface area contributed by atoms with Crippen molar-refractivity contribution in [1.82, 2.24) is 4.98 Å². The largest absolute Gasteiger partial charge is 0.385 e. The van der Waals surface area contributed by atoms with Crippen molar-refractivity contribution < 1.29 is 0 Å². The normalized spacial score (nSPS) is 12.4. The molecule has 4 rings (SSSR count). The van der Waals surface area contributed by atoms with Crippen molar-refractivity contribution in [3.05, 3.63) is 83.6 Å². The minimum Gasteiger partial charge on any atom is -0.385 e. The van der Waals surface area contributed by atoms with E-state index in [2.05, 4.69) is 63.1 Å². The van der Waals surface area contributed by atoms with Gasteiger partial charge in [0.05, 0.1) is 11.9 Å². The van der Waals surface area contributed by atoms with Crippen molar-refractivity contribution in [1.29, 1.82) is 0 Å². The molecule has 124 valence electrons. The van der Waals surface area contributed by atoms with Crippen LogP contribution in [0.3, 0.4) is 0 Å². The second-order valence-electron chi connectivity index (χ2n) is 6.05. The van der Waals surface area contributed by atoms with Gasteiger partial charge >= 0.3 is 0 Å². The van der Waals surface area contributed by atoms with E-state index in [9.17, 15) is 0 Å². The summed E-state index contributed by atoms with van der Waals surface area (Å²) in [5.74, 6) is 0. The molecule has 0 radical (unpaired) electrons. The molecule has 0 fully saturated rings. The van der Waals surface area contributed by atoms with Crippen LogP contribution in [0.2, 0.25) is 0 Å². The molecule has 0 atom stereocenters. The van der Waals surface area contributed by atoms with Gasteiger partial charge in [-0.1, -0.05) is 18.2 Å². The molecule has 0 bridgehead atoms. The van der Waals surface area contributed by atoms with Crippen LogP contribution >= 0.6 is 0 Å². The Morgan fingerprint density at radius 2 is 1.52 bits per heavy atom. The highest BCUT2D eigenvalue weighted by Crippen LogP contribution is 2.18. The van der Waals surface area contributed by atoms with Crippen LogP contribution < -0.4 is 21.2 Å². The van der Waals surface area contributed by atoms with Gasteiger partial charge in [0, 0.05) is 41.2 Å². The molecule has 1 aromatic heterocycles. The zero-order chi connectivity index (χ0) is 16.9. The van der Waals surface area contributed by atoms with E-state index in [4.69, 9.17) is 0 Å². The number of anilines is 3. The van der Waals surface area contributed by atoms with E-state index in [1.165, 1.54) is 10.8 Å². The molecule has 4 heteroatoms. The van der Waals surface area contributed by atoms with Gasteiger partial charge in [-0.05, 0) is 54.5 Å². The summed E-state index contributed by atoms with van der Waals surface area (Å²) >= 11 is 0. The maximum Gasteiger partial charge on any atom is 0.0650 e. The summed E-state index contributed by atoms with van der Waals surface area (Å²) < 4.78 is 0. The number of hydrogen-bond donors (Lipinski definition) is 2. The Balaban J connectivity index is 1.34. The lowest BCUT2D eigenvalue weighted by Gasteiger charge is -2.09. The van der Waals surface area contributed by atoms with E-state index >= 15 is 0 Å². The van der Waals surface area contributed by atoms with Gasteiger partial charge in [-0.3, -0.25) is 9.98 Å². The molecule has 0 saturated heterocycles. The summed E-state index contributed by atoms with van der Waals surface area (Å²) in [5, 5.41) is 9.29. The number of benzene rings is 2. The van der Waals surface area contributed by atoms with Crippen molar-refractivity contribution >= 4 is 22.6 Å². The third kappa shape index (κ3) is 3.69. The molecule has 2 heterocycles. The third-order valence-electron chi connectivity index (χ3n) is 4.34. The molecule has 3 aromatic rings. The Hall–Kier alpha value is -3.14. The fourth-order valence-electron chi connectivity index (χ4n) is 3.02. The van der Waals surface area contributed by atoms with Crippen LogP contribution in [0.4, 0.5) is 17.1 Å². The number of fused-ring (bicyclic) bond motifs is 1. The maximum absolute atomic E-state index is 4.58. The number of aromatic nitrogens is 1. The summed E-state index contributed by atoms with van der Waals surface area (Å²) in [5.41, 5.74) is 4.65. The average Bonchev–Trinajstić information content (AvgIpc) is 3.07. The molecule has 2 aromatic carbocycles. The van der Waals surface area contributed by atoms with Crippen LogP contribution in [0.1, 0.15) is 6.42 Å². The predicted molar refractivity (Wildman–Crippen MR) is 103 cm³/mol. The van der Waals surface area contributed by atoms with E-state index in [0.29, 0.717) is 0 Å². The van der Waals surface area contributed by atoms with E-state index in [1.54, 1.807) is 12.4 Å². The van der Waals surface area contributed by atoms with Gasteiger partial charge in [-0.25, -0.2) is 0 Å². The van der Waals surface area contributed by atoms with Gasteiger partial charge in [-0.15, -0.1) is 0 Å². The first-order valence-corrected chi connectivity index (χ1v) is 8.51. The van der Waals surface area contributed by atoms with Crippen molar-refractivity contribution in [2.24, 2.45) is 4.99 Å². The van der Waals surface area contributed by atoms with E-state index in [-0.39, 0.29) is 0 Å². The molecule has 1 aliphatic rings. The van der Waals surface area contributed by atoms with Gasteiger partial charge < -0.3 is 10.6 Å². The minimum atomic E-state index is 0.829. The summed E-state index contributed by atoms with van der Waals surface area (Å²) in [7, 11) is 0. The summed E-state index contributed by atoms with van der Waals surface area (Å²) in [6.45, 7) is 1.74. The maximum atomic E-state index is 4.58. The first-order chi connectivity index (χ1) is 12.4. The standard InChI is InChI=1S/C21H20N4/c1-2-4-21-20(3-1)16(15-24-21)9-14-23-17-5-7-18(8-6-17)25-19-10-12-22-13-11-19/h1-8,10-13,23H,9,14-15H2,(H,22,25). The molecule has 0 aliphatic carbocycles. The summed E-state index contributed by atoms with van der Waals surface area (Å²) in [6, 6.07) is 20.6. The highest BCUT2D eigenvalue weighted by atomic mass is 14.9. The SMILES string of the molecule is c1ccc2c(c1)=NCC=2CCNc1ccc(Nc2ccncc2)cc1. The molecule has 0 amide bonds. The Bertz CT molecular complexity index is 963. The fraction of sp³-hybridized carbons (Fsp3) is 0.143. The molecule has 25 heavy (non-hydrogen) atoms. The molecular formula is C21H20N4. The van der Waals surface area contributed by atoms with Gasteiger partial charge in [0.25, 0.3) is 0 Å². The van der Waals surface area contributed by atoms with Crippen LogP contribution in [-0.4, -0.2) is 18.1 Å². The van der Waals surface area contributed by atoms with E-state index in [0.717, 1.165) is 41.9 Å². The highest BCUT2D eigenvalue weighted by molar-refractivity contribution is 5.62. The number of pyridine rings is 1. The molecule has 0 saturated carbocycles. The number of nitrogens with zero attached hydrogens (tertiary/aromatic N) is 2.